The van der Waals surface area contributed by atoms with Gasteiger partial charge in [0.25, 0.3) is 5.89 Å². The number of aryl methyl sites for hydroxylation is 1. The number of nitrogens with zero attached hydrogens (tertiary/aromatic N) is 5. The first-order valence-electron chi connectivity index (χ1n) is 6.72. The number of rotatable bonds is 4. The van der Waals surface area contributed by atoms with Gasteiger partial charge in [0, 0.05) is 6.92 Å². The van der Waals surface area contributed by atoms with Gasteiger partial charge in [0.05, 0.1) is 11.9 Å². The van der Waals surface area contributed by atoms with Gasteiger partial charge >= 0.3 is 5.97 Å². The second kappa shape index (κ2) is 5.95. The zero-order valence-corrected chi connectivity index (χ0v) is 12.3. The Hall–Kier alpha value is -3.10. The summed E-state index contributed by atoms with van der Waals surface area (Å²) in [5.41, 5.74) is 0.531. The van der Waals surface area contributed by atoms with Gasteiger partial charge < -0.3 is 9.15 Å². The number of hydrogen-bond acceptors (Lipinski definition) is 7. The minimum atomic E-state index is -0.709. The molecule has 0 spiro atoms. The Morgan fingerprint density at radius 1 is 1.30 bits per heavy atom. The fraction of sp³-hybridized carbons (Fsp3) is 0.214. The summed E-state index contributed by atoms with van der Waals surface area (Å²) < 4.78 is 23.3. The van der Waals surface area contributed by atoms with E-state index < -0.39 is 12.1 Å². The van der Waals surface area contributed by atoms with Crippen molar-refractivity contribution >= 4 is 5.97 Å². The summed E-state index contributed by atoms with van der Waals surface area (Å²) in [6.07, 6.45) is 0.553. The van der Waals surface area contributed by atoms with E-state index in [1.807, 2.05) is 0 Å². The van der Waals surface area contributed by atoms with E-state index in [4.69, 9.17) is 9.15 Å². The average Bonchev–Trinajstić information content (AvgIpc) is 3.17. The van der Waals surface area contributed by atoms with Gasteiger partial charge in [-0.2, -0.15) is 9.90 Å². The molecule has 0 N–H and O–H groups in total. The molecule has 3 rings (SSSR count). The number of aromatic nitrogens is 5. The summed E-state index contributed by atoms with van der Waals surface area (Å²) in [5.74, 6) is -0.474. The lowest BCUT2D eigenvalue weighted by atomic mass is 10.3. The van der Waals surface area contributed by atoms with Crippen LogP contribution in [-0.4, -0.2) is 31.2 Å². The molecule has 0 saturated carbocycles. The lowest BCUT2D eigenvalue weighted by Gasteiger charge is -2.07. The van der Waals surface area contributed by atoms with E-state index in [-0.39, 0.29) is 17.4 Å². The molecule has 0 saturated heterocycles. The van der Waals surface area contributed by atoms with E-state index in [9.17, 15) is 9.18 Å². The van der Waals surface area contributed by atoms with Gasteiger partial charge in [0.2, 0.25) is 5.89 Å². The van der Waals surface area contributed by atoms with Gasteiger partial charge in [-0.1, -0.05) is 0 Å². The Labute approximate surface area is 129 Å². The van der Waals surface area contributed by atoms with Gasteiger partial charge in [-0.15, -0.1) is 15.3 Å². The van der Waals surface area contributed by atoms with Crippen LogP contribution >= 0.6 is 0 Å². The molecule has 0 amide bonds. The largest absolute Gasteiger partial charge is 0.448 e. The molecule has 0 radical (unpaired) electrons. The minimum absolute atomic E-state index is 0.0115. The van der Waals surface area contributed by atoms with Crippen LogP contribution in [0.3, 0.4) is 0 Å². The van der Waals surface area contributed by atoms with E-state index in [0.29, 0.717) is 11.6 Å². The Morgan fingerprint density at radius 3 is 2.70 bits per heavy atom. The van der Waals surface area contributed by atoms with E-state index in [0.717, 1.165) is 0 Å². The Bertz CT molecular complexity index is 827. The van der Waals surface area contributed by atoms with E-state index in [1.54, 1.807) is 13.8 Å². The highest BCUT2D eigenvalue weighted by Gasteiger charge is 2.21. The topological polar surface area (TPSA) is 95.9 Å². The highest BCUT2D eigenvalue weighted by Crippen LogP contribution is 2.16. The van der Waals surface area contributed by atoms with Gasteiger partial charge in [0.1, 0.15) is 5.82 Å². The van der Waals surface area contributed by atoms with Gasteiger partial charge in [-0.3, -0.25) is 0 Å². The average molecular weight is 317 g/mol. The molecule has 2 heterocycles. The molecule has 0 bridgehead atoms. The molecule has 118 valence electrons. The van der Waals surface area contributed by atoms with Crippen molar-refractivity contribution in [2.24, 2.45) is 0 Å². The Morgan fingerprint density at radius 2 is 2.04 bits per heavy atom. The molecule has 0 aliphatic rings. The summed E-state index contributed by atoms with van der Waals surface area (Å²) in [6, 6.07) is 5.54. The van der Waals surface area contributed by atoms with Crippen molar-refractivity contribution in [2.75, 3.05) is 0 Å². The van der Waals surface area contributed by atoms with E-state index in [1.165, 1.54) is 35.3 Å². The summed E-state index contributed by atoms with van der Waals surface area (Å²) in [5, 5.41) is 15.4. The van der Waals surface area contributed by atoms with Crippen LogP contribution in [0.15, 0.2) is 34.9 Å². The summed E-state index contributed by atoms with van der Waals surface area (Å²) >= 11 is 0. The maximum Gasteiger partial charge on any atom is 0.361 e. The summed E-state index contributed by atoms with van der Waals surface area (Å²) in [7, 11) is 0. The van der Waals surface area contributed by atoms with Crippen molar-refractivity contribution in [1.82, 2.24) is 25.2 Å². The lowest BCUT2D eigenvalue weighted by molar-refractivity contribution is 0.0269. The predicted octanol–water partition coefficient (Wildman–Crippen LogP) is 2.02. The third kappa shape index (κ3) is 3.23. The van der Waals surface area contributed by atoms with Gasteiger partial charge in [0.15, 0.2) is 11.8 Å². The van der Waals surface area contributed by atoms with Gasteiger partial charge in [-0.25, -0.2) is 9.18 Å². The maximum absolute atomic E-state index is 12.9. The molecule has 0 fully saturated rings. The van der Waals surface area contributed by atoms with Crippen LogP contribution < -0.4 is 0 Å². The van der Waals surface area contributed by atoms with Crippen LogP contribution in [0.5, 0.6) is 0 Å². The molecule has 1 atom stereocenters. The first kappa shape index (κ1) is 14.8. The Kier molecular flexibility index (Phi) is 3.83. The van der Waals surface area contributed by atoms with Crippen LogP contribution in [0.2, 0.25) is 0 Å². The van der Waals surface area contributed by atoms with Crippen LogP contribution in [0.25, 0.3) is 5.69 Å². The van der Waals surface area contributed by atoms with Crippen molar-refractivity contribution in [3.8, 4) is 5.69 Å². The zero-order chi connectivity index (χ0) is 16.4. The minimum Gasteiger partial charge on any atom is -0.448 e. The summed E-state index contributed by atoms with van der Waals surface area (Å²) in [6.45, 7) is 3.24. The van der Waals surface area contributed by atoms with Crippen molar-refractivity contribution in [1.29, 1.82) is 0 Å². The Balaban J connectivity index is 1.72. The number of halogens is 1. The van der Waals surface area contributed by atoms with Crippen molar-refractivity contribution in [3.63, 3.8) is 0 Å². The lowest BCUT2D eigenvalue weighted by Crippen LogP contribution is -2.11. The highest BCUT2D eigenvalue weighted by molar-refractivity contribution is 5.86. The number of carbonyl (C=O) groups is 1. The third-order valence-corrected chi connectivity index (χ3v) is 2.93. The molecule has 9 heteroatoms. The number of carbonyl (C=O) groups excluding carboxylic acids is 1. The molecule has 0 aliphatic carbocycles. The maximum atomic E-state index is 12.9. The van der Waals surface area contributed by atoms with E-state index >= 15 is 0 Å². The predicted molar refractivity (Wildman–Crippen MR) is 74.2 cm³/mol. The summed E-state index contributed by atoms with van der Waals surface area (Å²) in [4.78, 5) is 13.3. The normalized spacial score (nSPS) is 12.1. The fourth-order valence-electron chi connectivity index (χ4n) is 1.80. The smallest absolute Gasteiger partial charge is 0.361 e. The quantitative estimate of drug-likeness (QED) is 0.679. The molecular formula is C14H12FN5O3. The molecule has 2 aromatic heterocycles. The van der Waals surface area contributed by atoms with Crippen molar-refractivity contribution < 1.29 is 18.3 Å². The van der Waals surface area contributed by atoms with Crippen LogP contribution in [-0.2, 0) is 4.74 Å². The second-order valence-electron chi connectivity index (χ2n) is 4.70. The van der Waals surface area contributed by atoms with Crippen LogP contribution in [0.4, 0.5) is 4.39 Å². The number of ether oxygens (including phenoxy) is 1. The number of benzene rings is 1. The van der Waals surface area contributed by atoms with Crippen molar-refractivity contribution in [3.05, 3.63) is 53.8 Å². The van der Waals surface area contributed by atoms with Crippen molar-refractivity contribution in [2.45, 2.75) is 20.0 Å². The number of hydrogen-bond donors (Lipinski definition) is 0. The standard InChI is InChI=1S/C14H12FN5O3/c1-8(13-18-17-9(2)23-13)22-14(21)12-7-16-20(19-12)11-5-3-10(15)4-6-11/h3-8H,1-2H3/t8-/m0/s1. The molecule has 0 unspecified atom stereocenters. The molecule has 3 aromatic rings. The fourth-order valence-corrected chi connectivity index (χ4v) is 1.80. The monoisotopic (exact) mass is 317 g/mol. The first-order valence-corrected chi connectivity index (χ1v) is 6.72. The number of esters is 1. The van der Waals surface area contributed by atoms with Crippen LogP contribution in [0.1, 0.15) is 35.3 Å². The molecule has 1 aromatic carbocycles. The SMILES string of the molecule is Cc1nnc([C@H](C)OC(=O)c2cnn(-c3ccc(F)cc3)n2)o1. The zero-order valence-electron chi connectivity index (χ0n) is 12.3. The van der Waals surface area contributed by atoms with Gasteiger partial charge in [-0.05, 0) is 31.2 Å². The molecular weight excluding hydrogens is 305 g/mol. The van der Waals surface area contributed by atoms with E-state index in [2.05, 4.69) is 20.4 Å². The van der Waals surface area contributed by atoms with Crippen LogP contribution in [0, 0.1) is 12.7 Å². The molecule has 23 heavy (non-hydrogen) atoms. The molecule has 8 nitrogen and oxygen atoms in total. The third-order valence-electron chi connectivity index (χ3n) is 2.93. The molecule has 0 aliphatic heterocycles. The second-order valence-corrected chi connectivity index (χ2v) is 4.70. The first-order chi connectivity index (χ1) is 11.0. The highest BCUT2D eigenvalue weighted by atomic mass is 19.1.